The molecule has 2 aromatic heterocycles. The predicted octanol–water partition coefficient (Wildman–Crippen LogP) is 3.07. The Kier molecular flexibility index (Phi) is 5.74. The first kappa shape index (κ1) is 20.3. The highest BCUT2D eigenvalue weighted by Gasteiger charge is 2.28. The van der Waals surface area contributed by atoms with Gasteiger partial charge in [0.25, 0.3) is 10.0 Å². The number of piperidine rings is 1. The van der Waals surface area contributed by atoms with Crippen LogP contribution in [0.3, 0.4) is 0 Å². The van der Waals surface area contributed by atoms with E-state index < -0.39 is 16.0 Å². The number of carbonyl (C=O) groups is 1. The van der Waals surface area contributed by atoms with Crippen molar-refractivity contribution < 1.29 is 18.3 Å². The van der Waals surface area contributed by atoms with Gasteiger partial charge in [-0.05, 0) is 49.6 Å². The lowest BCUT2D eigenvalue weighted by Gasteiger charge is -2.25. The maximum Gasteiger partial charge on any atom is 0.337 e. The molecule has 0 radical (unpaired) electrons. The van der Waals surface area contributed by atoms with E-state index in [1.807, 2.05) is 0 Å². The molecule has 9 heteroatoms. The van der Waals surface area contributed by atoms with Crippen LogP contribution in [0.15, 0.2) is 22.4 Å². The van der Waals surface area contributed by atoms with Crippen molar-refractivity contribution in [2.24, 2.45) is 7.05 Å². The number of carboxylic acids is 1. The van der Waals surface area contributed by atoms with Gasteiger partial charge < -0.3 is 9.67 Å². The number of thiophene rings is 1. The van der Waals surface area contributed by atoms with Gasteiger partial charge in [-0.25, -0.2) is 13.2 Å². The molecule has 1 N–H and O–H groups in total. The van der Waals surface area contributed by atoms with E-state index in [9.17, 15) is 18.3 Å². The van der Waals surface area contributed by atoms with E-state index in [2.05, 4.69) is 6.07 Å². The molecule has 3 rings (SSSR count). The Balaban J connectivity index is 1.99. The van der Waals surface area contributed by atoms with Gasteiger partial charge in [0, 0.05) is 30.7 Å². The fraction of sp³-hybridized carbons (Fsp3) is 0.368. The van der Waals surface area contributed by atoms with Crippen LogP contribution in [0.1, 0.15) is 41.1 Å². The molecule has 0 aromatic carbocycles. The van der Waals surface area contributed by atoms with Crippen LogP contribution >= 0.6 is 11.3 Å². The highest BCUT2D eigenvalue weighted by molar-refractivity contribution is 7.91. The number of sulfonamides is 1. The second kappa shape index (κ2) is 7.91. The number of aliphatic carboxylic acids is 1. The van der Waals surface area contributed by atoms with Crippen LogP contribution in [0.5, 0.6) is 0 Å². The smallest absolute Gasteiger partial charge is 0.337 e. The lowest BCUT2D eigenvalue weighted by atomic mass is 10.1. The maximum atomic E-state index is 12.8. The zero-order chi connectivity index (χ0) is 20.5. The lowest BCUT2D eigenvalue weighted by molar-refractivity contribution is -0.130. The van der Waals surface area contributed by atoms with Gasteiger partial charge in [-0.1, -0.05) is 6.42 Å². The Morgan fingerprint density at radius 2 is 1.96 bits per heavy atom. The van der Waals surface area contributed by atoms with E-state index in [0.717, 1.165) is 36.3 Å². The summed E-state index contributed by atoms with van der Waals surface area (Å²) in [4.78, 5) is 12.2. The molecule has 1 saturated heterocycles. The first-order valence-corrected chi connectivity index (χ1v) is 11.1. The molecule has 0 unspecified atom stereocenters. The van der Waals surface area contributed by atoms with Crippen LogP contribution in [0.4, 0.5) is 0 Å². The largest absolute Gasteiger partial charge is 0.478 e. The molecule has 1 aliphatic heterocycles. The summed E-state index contributed by atoms with van der Waals surface area (Å²) in [6.07, 6.45) is 4.19. The number of carboxylic acid groups (broad SMARTS) is 1. The molecular weight excluding hydrogens is 398 g/mol. The Labute approximate surface area is 168 Å². The molecule has 148 valence electrons. The van der Waals surface area contributed by atoms with Crippen molar-refractivity contribution in [1.29, 1.82) is 5.26 Å². The minimum atomic E-state index is -3.60. The zero-order valence-electron chi connectivity index (χ0n) is 15.7. The lowest BCUT2D eigenvalue weighted by Crippen LogP contribution is -2.35. The van der Waals surface area contributed by atoms with Crippen LogP contribution in [0.2, 0.25) is 0 Å². The molecular formula is C19H21N3O4S2. The minimum Gasteiger partial charge on any atom is -0.478 e. The first-order valence-electron chi connectivity index (χ1n) is 8.87. The molecule has 0 bridgehead atoms. The average molecular weight is 420 g/mol. The molecule has 0 amide bonds. The van der Waals surface area contributed by atoms with Crippen LogP contribution in [-0.4, -0.2) is 41.5 Å². The van der Waals surface area contributed by atoms with Gasteiger partial charge in [0.2, 0.25) is 0 Å². The quantitative estimate of drug-likeness (QED) is 0.750. The van der Waals surface area contributed by atoms with Crippen molar-refractivity contribution in [3.63, 3.8) is 0 Å². The molecule has 0 saturated carbocycles. The highest BCUT2D eigenvalue weighted by Crippen LogP contribution is 2.32. The Morgan fingerprint density at radius 1 is 1.29 bits per heavy atom. The molecule has 1 fully saturated rings. The predicted molar refractivity (Wildman–Crippen MR) is 107 cm³/mol. The van der Waals surface area contributed by atoms with Crippen molar-refractivity contribution in [2.75, 3.05) is 13.1 Å². The number of hydrogen-bond donors (Lipinski definition) is 1. The number of aromatic nitrogens is 1. The first-order chi connectivity index (χ1) is 13.3. The third-order valence-electron chi connectivity index (χ3n) is 4.98. The molecule has 0 aliphatic carbocycles. The molecule has 0 atom stereocenters. The van der Waals surface area contributed by atoms with Gasteiger partial charge in [-0.15, -0.1) is 11.3 Å². The van der Waals surface area contributed by atoms with E-state index in [-0.39, 0.29) is 9.78 Å². The number of rotatable bonds is 5. The topological polar surface area (TPSA) is 103 Å². The van der Waals surface area contributed by atoms with Crippen molar-refractivity contribution in [1.82, 2.24) is 8.87 Å². The average Bonchev–Trinajstić information content (AvgIpc) is 3.27. The van der Waals surface area contributed by atoms with Crippen molar-refractivity contribution in [3.05, 3.63) is 40.0 Å². The normalized spacial score (nSPS) is 16.1. The van der Waals surface area contributed by atoms with Gasteiger partial charge in [0.15, 0.2) is 0 Å². The molecule has 2 aromatic rings. The van der Waals surface area contributed by atoms with Crippen LogP contribution in [-0.2, 0) is 21.9 Å². The fourth-order valence-corrected chi connectivity index (χ4v) is 6.19. The fourth-order valence-electron chi connectivity index (χ4n) is 3.21. The molecule has 1 aliphatic rings. The van der Waals surface area contributed by atoms with E-state index in [4.69, 9.17) is 5.26 Å². The second-order valence-corrected chi connectivity index (χ2v) is 9.94. The summed E-state index contributed by atoms with van der Waals surface area (Å²) in [7, 11) is -1.87. The molecule has 28 heavy (non-hydrogen) atoms. The molecule has 0 spiro atoms. The maximum absolute atomic E-state index is 12.8. The molecule has 3 heterocycles. The van der Waals surface area contributed by atoms with Crippen molar-refractivity contribution >= 4 is 39.0 Å². The van der Waals surface area contributed by atoms with Crippen LogP contribution in [0.25, 0.3) is 11.6 Å². The van der Waals surface area contributed by atoms with Gasteiger partial charge in [0.1, 0.15) is 16.0 Å². The van der Waals surface area contributed by atoms with Crippen molar-refractivity contribution in [2.45, 2.75) is 30.4 Å². The zero-order valence-corrected chi connectivity index (χ0v) is 17.3. The number of hydrogen-bond acceptors (Lipinski definition) is 5. The summed E-state index contributed by atoms with van der Waals surface area (Å²) in [5.41, 5.74) is 1.80. The summed E-state index contributed by atoms with van der Waals surface area (Å²) in [6.45, 7) is 2.79. The summed E-state index contributed by atoms with van der Waals surface area (Å²) in [5.74, 6) is -1.15. The van der Waals surface area contributed by atoms with Crippen LogP contribution in [0, 0.1) is 18.3 Å². The van der Waals surface area contributed by atoms with E-state index in [1.54, 1.807) is 24.6 Å². The number of nitrogens with zero attached hydrogens (tertiary/aromatic N) is 3. The van der Waals surface area contributed by atoms with E-state index >= 15 is 0 Å². The van der Waals surface area contributed by atoms with Crippen LogP contribution < -0.4 is 0 Å². The highest BCUT2D eigenvalue weighted by atomic mass is 32.2. The van der Waals surface area contributed by atoms with Gasteiger partial charge >= 0.3 is 5.97 Å². The monoisotopic (exact) mass is 419 g/mol. The standard InChI is InChI=1S/C19H21N3O4S2/c1-13-14(10-15(12-20)21(13)2)11-16(19(23)24)17-6-7-18(27-17)28(25,26)22-8-4-3-5-9-22/h6-7,10-11H,3-5,8-9H2,1-2H3,(H,23,24). The van der Waals surface area contributed by atoms with E-state index in [0.29, 0.717) is 29.2 Å². The van der Waals surface area contributed by atoms with Gasteiger partial charge in [0.05, 0.1) is 5.57 Å². The SMILES string of the molecule is Cc1c(C=C(C(=O)O)c2ccc(S(=O)(=O)N3CCCCC3)s2)cc(C#N)n1C. The Hall–Kier alpha value is -2.41. The van der Waals surface area contributed by atoms with Gasteiger partial charge in [-0.3, -0.25) is 0 Å². The minimum absolute atomic E-state index is 0.00304. The summed E-state index contributed by atoms with van der Waals surface area (Å²) >= 11 is 0.961. The second-order valence-electron chi connectivity index (χ2n) is 6.69. The summed E-state index contributed by atoms with van der Waals surface area (Å²) in [5, 5.41) is 18.8. The Bertz CT molecular complexity index is 1080. The third kappa shape index (κ3) is 3.76. The molecule has 7 nitrogen and oxygen atoms in total. The number of nitriles is 1. The summed E-state index contributed by atoms with van der Waals surface area (Å²) < 4.78 is 29.0. The van der Waals surface area contributed by atoms with Gasteiger partial charge in [-0.2, -0.15) is 9.57 Å². The Morgan fingerprint density at radius 3 is 2.54 bits per heavy atom. The third-order valence-corrected chi connectivity index (χ3v) is 8.46. The van der Waals surface area contributed by atoms with E-state index in [1.165, 1.54) is 22.5 Å². The van der Waals surface area contributed by atoms with Crippen molar-refractivity contribution in [3.8, 4) is 6.07 Å². The summed E-state index contributed by atoms with van der Waals surface area (Å²) in [6, 6.07) is 6.69.